The molecule has 2 rings (SSSR count). The van der Waals surface area contributed by atoms with E-state index in [1.807, 2.05) is 24.3 Å². The topological polar surface area (TPSA) is 21.3 Å². The molecule has 2 aromatic rings. The molecule has 0 heterocycles. The molecular weight excluding hydrogens is 306 g/mol. The summed E-state index contributed by atoms with van der Waals surface area (Å²) in [5.74, 6) is 0.939. The first-order valence-electron chi connectivity index (χ1n) is 8.35. The third-order valence-corrected chi connectivity index (χ3v) is 3.68. The van der Waals surface area contributed by atoms with Crippen LogP contribution < -0.4 is 10.1 Å². The van der Waals surface area contributed by atoms with E-state index in [-0.39, 0.29) is 12.4 Å². The van der Waals surface area contributed by atoms with Gasteiger partial charge in [0.25, 0.3) is 0 Å². The molecular formula is C20H28ClNO. The lowest BCUT2D eigenvalue weighted by atomic mass is 10.2. The number of halogens is 1. The summed E-state index contributed by atoms with van der Waals surface area (Å²) >= 11 is 0. The van der Waals surface area contributed by atoms with Crippen molar-refractivity contribution in [3.63, 3.8) is 0 Å². The fourth-order valence-corrected chi connectivity index (χ4v) is 2.40. The van der Waals surface area contributed by atoms with Crippen molar-refractivity contribution < 1.29 is 4.74 Å². The third-order valence-electron chi connectivity index (χ3n) is 3.68. The first-order chi connectivity index (χ1) is 10.9. The molecule has 0 saturated carbocycles. The molecule has 3 heteroatoms. The van der Waals surface area contributed by atoms with Crippen LogP contribution >= 0.6 is 12.4 Å². The van der Waals surface area contributed by atoms with Crippen molar-refractivity contribution in [3.05, 3.63) is 65.7 Å². The van der Waals surface area contributed by atoms with Gasteiger partial charge >= 0.3 is 0 Å². The number of rotatable bonds is 10. The van der Waals surface area contributed by atoms with Gasteiger partial charge in [-0.25, -0.2) is 0 Å². The van der Waals surface area contributed by atoms with E-state index in [0.29, 0.717) is 6.61 Å². The Hall–Kier alpha value is -1.51. The molecule has 0 fully saturated rings. The maximum Gasteiger partial charge on any atom is 0.120 e. The predicted octanol–water partition coefficient (Wildman–Crippen LogP) is 5.36. The van der Waals surface area contributed by atoms with Gasteiger partial charge in [0.15, 0.2) is 0 Å². The highest BCUT2D eigenvalue weighted by molar-refractivity contribution is 5.85. The molecule has 0 amide bonds. The Morgan fingerprint density at radius 1 is 0.870 bits per heavy atom. The van der Waals surface area contributed by atoms with E-state index in [1.54, 1.807) is 0 Å². The Morgan fingerprint density at radius 2 is 1.65 bits per heavy atom. The Morgan fingerprint density at radius 3 is 2.43 bits per heavy atom. The van der Waals surface area contributed by atoms with Gasteiger partial charge in [-0.1, -0.05) is 68.7 Å². The summed E-state index contributed by atoms with van der Waals surface area (Å²) in [5.41, 5.74) is 2.48. The highest BCUT2D eigenvalue weighted by Gasteiger charge is 1.98. The van der Waals surface area contributed by atoms with Crippen molar-refractivity contribution in [2.45, 2.75) is 45.8 Å². The van der Waals surface area contributed by atoms with Crippen molar-refractivity contribution in [1.82, 2.24) is 5.32 Å². The highest BCUT2D eigenvalue weighted by Crippen LogP contribution is 2.15. The molecule has 0 radical (unpaired) electrons. The van der Waals surface area contributed by atoms with Gasteiger partial charge in [0, 0.05) is 6.54 Å². The molecule has 1 N–H and O–H groups in total. The van der Waals surface area contributed by atoms with Gasteiger partial charge in [0.1, 0.15) is 12.4 Å². The maximum atomic E-state index is 5.86. The predicted molar refractivity (Wildman–Crippen MR) is 100 cm³/mol. The molecule has 0 aliphatic carbocycles. The minimum absolute atomic E-state index is 0. The molecule has 23 heavy (non-hydrogen) atoms. The van der Waals surface area contributed by atoms with Gasteiger partial charge in [0.05, 0.1) is 0 Å². The number of hydrogen-bond acceptors (Lipinski definition) is 2. The van der Waals surface area contributed by atoms with Crippen LogP contribution in [0.5, 0.6) is 5.75 Å². The SMILES string of the molecule is CCCCCCNCc1cccc(OCc2ccccc2)c1.Cl. The van der Waals surface area contributed by atoms with Crippen LogP contribution in [0.1, 0.15) is 43.7 Å². The number of ether oxygens (including phenoxy) is 1. The number of hydrogen-bond donors (Lipinski definition) is 1. The van der Waals surface area contributed by atoms with Crippen LogP contribution in [0.4, 0.5) is 0 Å². The monoisotopic (exact) mass is 333 g/mol. The summed E-state index contributed by atoms with van der Waals surface area (Å²) in [5, 5.41) is 3.51. The lowest BCUT2D eigenvalue weighted by Crippen LogP contribution is -2.14. The summed E-state index contributed by atoms with van der Waals surface area (Å²) in [4.78, 5) is 0. The van der Waals surface area contributed by atoms with Crippen LogP contribution in [0.3, 0.4) is 0 Å². The number of nitrogens with one attached hydrogen (secondary N) is 1. The lowest BCUT2D eigenvalue weighted by Gasteiger charge is -2.09. The molecule has 2 aromatic carbocycles. The average Bonchev–Trinajstić information content (AvgIpc) is 2.57. The molecule has 0 spiro atoms. The van der Waals surface area contributed by atoms with Gasteiger partial charge < -0.3 is 10.1 Å². The normalized spacial score (nSPS) is 10.1. The summed E-state index contributed by atoms with van der Waals surface area (Å²) in [6, 6.07) is 18.6. The second-order valence-electron chi connectivity index (χ2n) is 5.66. The lowest BCUT2D eigenvalue weighted by molar-refractivity contribution is 0.306. The Kier molecular flexibility index (Phi) is 10.2. The molecule has 126 valence electrons. The Bertz CT molecular complexity index is 530. The molecule has 0 aromatic heterocycles. The first-order valence-corrected chi connectivity index (χ1v) is 8.35. The minimum atomic E-state index is 0. The van der Waals surface area contributed by atoms with Crippen LogP contribution in [0.2, 0.25) is 0 Å². The Balaban J connectivity index is 0.00000264. The first kappa shape index (κ1) is 19.5. The van der Waals surface area contributed by atoms with Crippen LogP contribution in [0, 0.1) is 0 Å². The quantitative estimate of drug-likeness (QED) is 0.591. The molecule has 0 unspecified atom stereocenters. The van der Waals surface area contributed by atoms with E-state index in [4.69, 9.17) is 4.74 Å². The fourth-order valence-electron chi connectivity index (χ4n) is 2.40. The largest absolute Gasteiger partial charge is 0.489 e. The Labute approximate surface area is 146 Å². The zero-order valence-electron chi connectivity index (χ0n) is 14.0. The molecule has 0 bridgehead atoms. The van der Waals surface area contributed by atoms with Crippen LogP contribution in [0.25, 0.3) is 0 Å². The van der Waals surface area contributed by atoms with Crippen molar-refractivity contribution in [2.75, 3.05) is 6.54 Å². The van der Waals surface area contributed by atoms with Crippen LogP contribution in [-0.2, 0) is 13.2 Å². The van der Waals surface area contributed by atoms with Gasteiger partial charge in [-0.3, -0.25) is 0 Å². The third kappa shape index (κ3) is 8.06. The van der Waals surface area contributed by atoms with Crippen molar-refractivity contribution in [1.29, 1.82) is 0 Å². The standard InChI is InChI=1S/C20H27NO.ClH/c1-2-3-4-8-14-21-16-19-12-9-13-20(15-19)22-17-18-10-6-5-7-11-18;/h5-7,9-13,15,21H,2-4,8,14,16-17H2,1H3;1H. The van der Waals surface area contributed by atoms with Gasteiger partial charge in [0.2, 0.25) is 0 Å². The summed E-state index contributed by atoms with van der Waals surface area (Å²) in [6.07, 6.45) is 5.22. The fraction of sp³-hybridized carbons (Fsp3) is 0.400. The smallest absolute Gasteiger partial charge is 0.120 e. The van der Waals surface area contributed by atoms with Crippen LogP contribution in [0.15, 0.2) is 54.6 Å². The van der Waals surface area contributed by atoms with Crippen molar-refractivity contribution in [3.8, 4) is 5.75 Å². The van der Waals surface area contributed by atoms with E-state index in [1.165, 1.54) is 36.8 Å². The molecule has 2 nitrogen and oxygen atoms in total. The molecule has 0 saturated heterocycles. The van der Waals surface area contributed by atoms with Gasteiger partial charge in [-0.05, 0) is 36.2 Å². The van der Waals surface area contributed by atoms with Crippen LogP contribution in [-0.4, -0.2) is 6.54 Å². The second-order valence-corrected chi connectivity index (χ2v) is 5.66. The van der Waals surface area contributed by atoms with E-state index < -0.39 is 0 Å². The van der Waals surface area contributed by atoms with Gasteiger partial charge in [-0.2, -0.15) is 0 Å². The summed E-state index contributed by atoms with van der Waals surface area (Å²) in [6.45, 7) is 4.87. The van der Waals surface area contributed by atoms with Crippen molar-refractivity contribution in [2.24, 2.45) is 0 Å². The summed E-state index contributed by atoms with van der Waals surface area (Å²) in [7, 11) is 0. The molecule has 0 atom stereocenters. The zero-order valence-corrected chi connectivity index (χ0v) is 14.8. The molecule has 0 aliphatic heterocycles. The number of benzene rings is 2. The maximum absolute atomic E-state index is 5.86. The number of unbranched alkanes of at least 4 members (excludes halogenated alkanes) is 3. The second kappa shape index (κ2) is 12.0. The van der Waals surface area contributed by atoms with Crippen molar-refractivity contribution >= 4 is 12.4 Å². The van der Waals surface area contributed by atoms with E-state index in [2.05, 4.69) is 42.6 Å². The van der Waals surface area contributed by atoms with E-state index in [0.717, 1.165) is 18.8 Å². The van der Waals surface area contributed by atoms with Gasteiger partial charge in [-0.15, -0.1) is 12.4 Å². The molecule has 0 aliphatic rings. The van der Waals surface area contributed by atoms with E-state index >= 15 is 0 Å². The summed E-state index contributed by atoms with van der Waals surface area (Å²) < 4.78 is 5.86. The zero-order chi connectivity index (χ0) is 15.5. The van der Waals surface area contributed by atoms with E-state index in [9.17, 15) is 0 Å². The highest BCUT2D eigenvalue weighted by atomic mass is 35.5. The minimum Gasteiger partial charge on any atom is -0.489 e. The average molecular weight is 334 g/mol.